The second kappa shape index (κ2) is 6.05. The average molecular weight is 286 g/mol. The quantitative estimate of drug-likeness (QED) is 0.669. The van der Waals surface area contributed by atoms with Crippen molar-refractivity contribution in [3.8, 4) is 11.3 Å². The van der Waals surface area contributed by atoms with Crippen LogP contribution in [0.15, 0.2) is 45.9 Å². The lowest BCUT2D eigenvalue weighted by Crippen LogP contribution is -2.23. The molecule has 2 aromatic rings. The van der Waals surface area contributed by atoms with Crippen molar-refractivity contribution in [3.05, 3.63) is 40.5 Å². The van der Waals surface area contributed by atoms with Gasteiger partial charge in [0.15, 0.2) is 0 Å². The van der Waals surface area contributed by atoms with Crippen LogP contribution in [-0.2, 0) is 0 Å². The predicted molar refractivity (Wildman–Crippen MR) is 84.0 cm³/mol. The molecule has 3 rings (SSSR count). The van der Waals surface area contributed by atoms with Crippen LogP contribution < -0.4 is 10.6 Å². The van der Waals surface area contributed by atoms with Crippen molar-refractivity contribution in [2.24, 2.45) is 10.2 Å². The second-order valence-electron chi connectivity index (χ2n) is 4.97. The van der Waals surface area contributed by atoms with Crippen molar-refractivity contribution in [2.45, 2.75) is 32.1 Å². The third-order valence-corrected chi connectivity index (χ3v) is 4.35. The molecule has 1 aromatic carbocycles. The van der Waals surface area contributed by atoms with E-state index in [2.05, 4.69) is 10.2 Å². The summed E-state index contributed by atoms with van der Waals surface area (Å²) in [5.41, 5.74) is 3.27. The number of benzene rings is 1. The van der Waals surface area contributed by atoms with Gasteiger partial charge in [0.05, 0.1) is 5.69 Å². The first-order valence-electron chi connectivity index (χ1n) is 6.95. The molecular weight excluding hydrogens is 268 g/mol. The third kappa shape index (κ3) is 2.82. The predicted octanol–water partition coefficient (Wildman–Crippen LogP) is 3.15. The van der Waals surface area contributed by atoms with Crippen molar-refractivity contribution in [1.29, 1.82) is 0 Å². The molecule has 5 heteroatoms. The molecule has 104 valence electrons. The number of aromatic nitrogens is 1. The van der Waals surface area contributed by atoms with Gasteiger partial charge in [0.1, 0.15) is 0 Å². The molecule has 20 heavy (non-hydrogen) atoms. The largest absolute Gasteiger partial charge is 0.336 e. The number of nitrogen functional groups attached to an aromatic ring is 1. The molecule has 0 aliphatic heterocycles. The lowest BCUT2D eigenvalue weighted by Gasteiger charge is -2.09. The molecule has 0 spiro atoms. The first kappa shape index (κ1) is 13.1. The lowest BCUT2D eigenvalue weighted by molar-refractivity contribution is 0.663. The monoisotopic (exact) mass is 286 g/mol. The topological polar surface area (TPSA) is 55.7 Å². The highest BCUT2D eigenvalue weighted by atomic mass is 32.1. The van der Waals surface area contributed by atoms with E-state index in [0.29, 0.717) is 0 Å². The maximum atomic E-state index is 6.12. The summed E-state index contributed by atoms with van der Waals surface area (Å²) in [7, 11) is 0. The highest BCUT2D eigenvalue weighted by Gasteiger charge is 2.07. The van der Waals surface area contributed by atoms with Gasteiger partial charge in [-0.15, -0.1) is 16.4 Å². The first-order chi connectivity index (χ1) is 9.84. The van der Waals surface area contributed by atoms with Gasteiger partial charge >= 0.3 is 0 Å². The molecule has 1 aliphatic rings. The lowest BCUT2D eigenvalue weighted by atomic mass is 9.99. The molecule has 4 nitrogen and oxygen atoms in total. The summed E-state index contributed by atoms with van der Waals surface area (Å²) in [6, 6.07) is 10.1. The Morgan fingerprint density at radius 2 is 1.75 bits per heavy atom. The van der Waals surface area contributed by atoms with E-state index < -0.39 is 0 Å². The Balaban J connectivity index is 1.90. The summed E-state index contributed by atoms with van der Waals surface area (Å²) in [5.74, 6) is 6.12. The molecule has 1 aliphatic carbocycles. The van der Waals surface area contributed by atoms with E-state index in [1.807, 2.05) is 35.7 Å². The smallest absolute Gasteiger partial charge is 0.229 e. The zero-order chi connectivity index (χ0) is 13.8. The van der Waals surface area contributed by atoms with Gasteiger partial charge in [-0.05, 0) is 25.7 Å². The zero-order valence-corrected chi connectivity index (χ0v) is 12.1. The minimum Gasteiger partial charge on any atom is -0.336 e. The van der Waals surface area contributed by atoms with Crippen molar-refractivity contribution < 1.29 is 0 Å². The standard InChI is InChI=1S/C15H18N4S/c16-19-14(12-7-3-1-4-8-12)11-20-15(19)18-17-13-9-5-2-6-10-13/h1,3-4,7-8,11H,2,5-6,9-10,16H2. The Morgan fingerprint density at radius 1 is 1.00 bits per heavy atom. The number of rotatable bonds is 2. The molecule has 2 N–H and O–H groups in total. The third-order valence-electron chi connectivity index (χ3n) is 3.52. The van der Waals surface area contributed by atoms with Crippen molar-refractivity contribution in [3.63, 3.8) is 0 Å². The minimum absolute atomic E-state index is 0.738. The number of thiazole rings is 1. The van der Waals surface area contributed by atoms with Gasteiger partial charge in [0.25, 0.3) is 0 Å². The van der Waals surface area contributed by atoms with E-state index in [1.165, 1.54) is 36.3 Å². The van der Waals surface area contributed by atoms with Crippen LogP contribution in [0, 0.1) is 0 Å². The zero-order valence-electron chi connectivity index (χ0n) is 11.3. The molecule has 1 saturated carbocycles. The van der Waals surface area contributed by atoms with E-state index in [0.717, 1.165) is 28.9 Å². The van der Waals surface area contributed by atoms with Gasteiger partial charge in [-0.25, -0.2) is 4.68 Å². The number of nitrogens with two attached hydrogens (primary N) is 1. The number of nitrogens with zero attached hydrogens (tertiary/aromatic N) is 3. The summed E-state index contributed by atoms with van der Waals surface area (Å²) < 4.78 is 1.62. The Hall–Kier alpha value is -1.88. The molecule has 1 aromatic heterocycles. The van der Waals surface area contributed by atoms with Crippen LogP contribution >= 0.6 is 11.3 Å². The summed E-state index contributed by atoms with van der Waals surface area (Å²) in [6.45, 7) is 0. The molecule has 0 atom stereocenters. The van der Waals surface area contributed by atoms with Crippen LogP contribution in [0.1, 0.15) is 32.1 Å². The van der Waals surface area contributed by atoms with Crippen molar-refractivity contribution >= 4 is 17.0 Å². The average Bonchev–Trinajstić information content (AvgIpc) is 2.88. The van der Waals surface area contributed by atoms with Crippen LogP contribution in [0.3, 0.4) is 0 Å². The first-order valence-corrected chi connectivity index (χ1v) is 7.83. The molecule has 1 heterocycles. The molecule has 1 fully saturated rings. The van der Waals surface area contributed by atoms with E-state index in [-0.39, 0.29) is 0 Å². The van der Waals surface area contributed by atoms with Crippen molar-refractivity contribution in [2.75, 3.05) is 5.84 Å². The fourth-order valence-corrected chi connectivity index (χ4v) is 3.15. The fourth-order valence-electron chi connectivity index (χ4n) is 2.39. The maximum absolute atomic E-state index is 6.12. The van der Waals surface area contributed by atoms with Crippen molar-refractivity contribution in [1.82, 2.24) is 4.68 Å². The van der Waals surface area contributed by atoms with Gasteiger partial charge in [0.2, 0.25) is 4.80 Å². The summed E-state index contributed by atoms with van der Waals surface area (Å²) >= 11 is 1.52. The normalized spacial score (nSPS) is 16.4. The summed E-state index contributed by atoms with van der Waals surface area (Å²) in [6.07, 6.45) is 5.93. The van der Waals surface area contributed by atoms with Gasteiger partial charge in [-0.2, -0.15) is 5.10 Å². The molecule has 0 bridgehead atoms. The maximum Gasteiger partial charge on any atom is 0.229 e. The molecular formula is C15H18N4S. The van der Waals surface area contributed by atoms with Gasteiger partial charge in [0, 0.05) is 16.7 Å². The fraction of sp³-hybridized carbons (Fsp3) is 0.333. The highest BCUT2D eigenvalue weighted by Crippen LogP contribution is 2.18. The molecule has 0 radical (unpaired) electrons. The number of hydrogen-bond donors (Lipinski definition) is 1. The highest BCUT2D eigenvalue weighted by molar-refractivity contribution is 7.07. The van der Waals surface area contributed by atoms with Crippen LogP contribution in [0.4, 0.5) is 0 Å². The second-order valence-corrected chi connectivity index (χ2v) is 5.80. The SMILES string of the molecule is Nn1c(-c2ccccc2)csc1=NN=C1CCCCC1. The van der Waals surface area contributed by atoms with Gasteiger partial charge < -0.3 is 5.84 Å². The molecule has 0 saturated heterocycles. The Kier molecular flexibility index (Phi) is 3.97. The van der Waals surface area contributed by atoms with Gasteiger partial charge in [-0.1, -0.05) is 36.8 Å². The van der Waals surface area contributed by atoms with Crippen LogP contribution in [0.5, 0.6) is 0 Å². The van der Waals surface area contributed by atoms with Crippen LogP contribution in [0.25, 0.3) is 11.3 Å². The van der Waals surface area contributed by atoms with Gasteiger partial charge in [-0.3, -0.25) is 0 Å². The number of hydrogen-bond acceptors (Lipinski definition) is 4. The summed E-state index contributed by atoms with van der Waals surface area (Å²) in [4.78, 5) is 0.738. The Labute approximate surface area is 122 Å². The summed E-state index contributed by atoms with van der Waals surface area (Å²) in [5, 5.41) is 10.7. The van der Waals surface area contributed by atoms with E-state index in [1.54, 1.807) is 4.68 Å². The van der Waals surface area contributed by atoms with E-state index in [9.17, 15) is 0 Å². The van der Waals surface area contributed by atoms with Crippen LogP contribution in [-0.4, -0.2) is 10.4 Å². The molecule has 0 amide bonds. The molecule has 0 unspecified atom stereocenters. The van der Waals surface area contributed by atoms with E-state index >= 15 is 0 Å². The Bertz CT molecular complexity index is 659. The Morgan fingerprint density at radius 3 is 2.50 bits per heavy atom. The van der Waals surface area contributed by atoms with E-state index in [4.69, 9.17) is 5.84 Å². The van der Waals surface area contributed by atoms with Crippen LogP contribution in [0.2, 0.25) is 0 Å². The minimum atomic E-state index is 0.738.